The minimum atomic E-state index is 0.133. The minimum absolute atomic E-state index is 0.133. The number of piperidine rings is 1. The Kier molecular flexibility index (Phi) is 5.36. The van der Waals surface area contributed by atoms with E-state index in [-0.39, 0.29) is 18.1 Å². The summed E-state index contributed by atoms with van der Waals surface area (Å²) in [5, 5.41) is 4.15. The number of carbonyl (C=O) groups is 1. The van der Waals surface area contributed by atoms with E-state index < -0.39 is 0 Å². The van der Waals surface area contributed by atoms with E-state index in [2.05, 4.69) is 11.4 Å². The maximum absolute atomic E-state index is 12.3. The van der Waals surface area contributed by atoms with Crippen molar-refractivity contribution in [2.75, 3.05) is 20.2 Å². The number of thiophene rings is 1. The zero-order valence-electron chi connectivity index (χ0n) is 11.4. The summed E-state index contributed by atoms with van der Waals surface area (Å²) in [5.41, 5.74) is 7.04. The summed E-state index contributed by atoms with van der Waals surface area (Å²) in [5.74, 6) is 0.219. The molecule has 2 rings (SSSR count). The van der Waals surface area contributed by atoms with E-state index in [1.807, 2.05) is 10.3 Å². The lowest BCUT2D eigenvalue weighted by Crippen LogP contribution is -2.51. The van der Waals surface area contributed by atoms with E-state index in [9.17, 15) is 4.79 Å². The lowest BCUT2D eigenvalue weighted by atomic mass is 9.98. The SMILES string of the molecule is CO[C@@H]1CCN(C(=O)CCc2ccsc2)[C@H](CN)C1. The first-order valence-corrected chi connectivity index (χ1v) is 7.72. The van der Waals surface area contributed by atoms with Gasteiger partial charge in [0.25, 0.3) is 0 Å². The molecule has 2 heterocycles. The molecule has 1 amide bonds. The number of aryl methyl sites for hydroxylation is 1. The molecule has 1 fully saturated rings. The van der Waals surface area contributed by atoms with E-state index in [4.69, 9.17) is 10.5 Å². The summed E-state index contributed by atoms with van der Waals surface area (Å²) >= 11 is 1.67. The number of nitrogens with two attached hydrogens (primary N) is 1. The largest absolute Gasteiger partial charge is 0.381 e. The molecule has 1 aliphatic heterocycles. The summed E-state index contributed by atoms with van der Waals surface area (Å²) in [6.45, 7) is 1.28. The van der Waals surface area contributed by atoms with Crippen LogP contribution in [0.15, 0.2) is 16.8 Å². The van der Waals surface area contributed by atoms with Crippen molar-refractivity contribution in [3.8, 4) is 0 Å². The van der Waals surface area contributed by atoms with Crippen LogP contribution in [0, 0.1) is 0 Å². The lowest BCUT2D eigenvalue weighted by Gasteiger charge is -2.38. The zero-order valence-corrected chi connectivity index (χ0v) is 12.2. The molecule has 0 aliphatic carbocycles. The predicted molar refractivity (Wildman–Crippen MR) is 77.2 cm³/mol. The van der Waals surface area contributed by atoms with Crippen molar-refractivity contribution in [2.45, 2.75) is 37.8 Å². The van der Waals surface area contributed by atoms with E-state index in [0.29, 0.717) is 13.0 Å². The maximum atomic E-state index is 12.3. The topological polar surface area (TPSA) is 55.6 Å². The third kappa shape index (κ3) is 3.78. The number of hydrogen-bond donors (Lipinski definition) is 1. The van der Waals surface area contributed by atoms with Gasteiger partial charge in [0, 0.05) is 32.7 Å². The molecule has 0 radical (unpaired) electrons. The third-order valence-corrected chi connectivity index (χ3v) is 4.53. The van der Waals surface area contributed by atoms with Gasteiger partial charge in [-0.25, -0.2) is 0 Å². The Morgan fingerprint density at radius 3 is 3.11 bits per heavy atom. The molecule has 0 bridgehead atoms. The molecule has 2 atom stereocenters. The highest BCUT2D eigenvalue weighted by atomic mass is 32.1. The van der Waals surface area contributed by atoms with E-state index >= 15 is 0 Å². The van der Waals surface area contributed by atoms with Gasteiger partial charge in [-0.05, 0) is 41.7 Å². The summed E-state index contributed by atoms with van der Waals surface area (Å²) in [7, 11) is 1.73. The predicted octanol–water partition coefficient (Wildman–Crippen LogP) is 1.65. The summed E-state index contributed by atoms with van der Waals surface area (Å²) in [6, 6.07) is 2.21. The second-order valence-electron chi connectivity index (χ2n) is 4.99. The molecule has 1 aromatic rings. The monoisotopic (exact) mass is 282 g/mol. The van der Waals surface area contributed by atoms with Crippen LogP contribution < -0.4 is 5.73 Å². The second kappa shape index (κ2) is 7.03. The zero-order chi connectivity index (χ0) is 13.7. The number of methoxy groups -OCH3 is 1. The van der Waals surface area contributed by atoms with Gasteiger partial charge >= 0.3 is 0 Å². The molecule has 0 aromatic carbocycles. The van der Waals surface area contributed by atoms with Crippen LogP contribution in [-0.4, -0.2) is 43.2 Å². The Morgan fingerprint density at radius 1 is 1.63 bits per heavy atom. The number of hydrogen-bond acceptors (Lipinski definition) is 4. The fourth-order valence-electron chi connectivity index (χ4n) is 2.61. The van der Waals surface area contributed by atoms with E-state index in [1.54, 1.807) is 18.4 Å². The standard InChI is InChI=1S/C14H22N2O2S/c1-18-13-4-6-16(12(8-13)9-15)14(17)3-2-11-5-7-19-10-11/h5,7,10,12-13H,2-4,6,8-9,15H2,1H3/t12-,13+/m0/s1. The molecule has 4 nitrogen and oxygen atoms in total. The van der Waals surface area contributed by atoms with Crippen LogP contribution in [-0.2, 0) is 16.0 Å². The maximum Gasteiger partial charge on any atom is 0.223 e. The highest BCUT2D eigenvalue weighted by molar-refractivity contribution is 7.07. The van der Waals surface area contributed by atoms with Gasteiger partial charge in [0.2, 0.25) is 5.91 Å². The summed E-state index contributed by atoms with van der Waals surface area (Å²) in [4.78, 5) is 14.2. The van der Waals surface area contributed by atoms with Crippen LogP contribution in [0.3, 0.4) is 0 Å². The molecule has 0 saturated carbocycles. The van der Waals surface area contributed by atoms with Gasteiger partial charge < -0.3 is 15.4 Å². The van der Waals surface area contributed by atoms with Crippen molar-refractivity contribution in [3.05, 3.63) is 22.4 Å². The molecular formula is C14H22N2O2S. The highest BCUT2D eigenvalue weighted by Gasteiger charge is 2.30. The quantitative estimate of drug-likeness (QED) is 0.893. The summed E-state index contributed by atoms with van der Waals surface area (Å²) < 4.78 is 5.38. The molecule has 0 unspecified atom stereocenters. The van der Waals surface area contributed by atoms with Crippen molar-refractivity contribution in [2.24, 2.45) is 5.73 Å². The van der Waals surface area contributed by atoms with Crippen molar-refractivity contribution >= 4 is 17.2 Å². The average molecular weight is 282 g/mol. The number of carbonyl (C=O) groups excluding carboxylic acids is 1. The van der Waals surface area contributed by atoms with Gasteiger partial charge in [-0.1, -0.05) is 0 Å². The number of nitrogens with zero attached hydrogens (tertiary/aromatic N) is 1. The minimum Gasteiger partial charge on any atom is -0.381 e. The van der Waals surface area contributed by atoms with Gasteiger partial charge in [-0.15, -0.1) is 0 Å². The fraction of sp³-hybridized carbons (Fsp3) is 0.643. The Morgan fingerprint density at radius 2 is 2.47 bits per heavy atom. The molecule has 1 aromatic heterocycles. The van der Waals surface area contributed by atoms with Gasteiger partial charge in [-0.2, -0.15) is 11.3 Å². The molecule has 0 spiro atoms. The van der Waals surface area contributed by atoms with Crippen molar-refractivity contribution in [3.63, 3.8) is 0 Å². The highest BCUT2D eigenvalue weighted by Crippen LogP contribution is 2.20. The van der Waals surface area contributed by atoms with Crippen LogP contribution in [0.5, 0.6) is 0 Å². The molecule has 1 aliphatic rings. The third-order valence-electron chi connectivity index (χ3n) is 3.80. The van der Waals surface area contributed by atoms with Gasteiger partial charge in [0.15, 0.2) is 0 Å². The van der Waals surface area contributed by atoms with Gasteiger partial charge in [-0.3, -0.25) is 4.79 Å². The summed E-state index contributed by atoms with van der Waals surface area (Å²) in [6.07, 6.45) is 3.41. The fourth-order valence-corrected chi connectivity index (χ4v) is 3.31. The molecule has 1 saturated heterocycles. The Bertz CT molecular complexity index is 394. The van der Waals surface area contributed by atoms with Crippen LogP contribution in [0.25, 0.3) is 0 Å². The van der Waals surface area contributed by atoms with Gasteiger partial charge in [0.1, 0.15) is 0 Å². The molecule has 19 heavy (non-hydrogen) atoms. The lowest BCUT2D eigenvalue weighted by molar-refractivity contribution is -0.136. The number of rotatable bonds is 5. The first-order valence-electron chi connectivity index (χ1n) is 6.78. The van der Waals surface area contributed by atoms with Gasteiger partial charge in [0.05, 0.1) is 6.10 Å². The number of ether oxygens (including phenoxy) is 1. The Hall–Kier alpha value is -0.910. The van der Waals surface area contributed by atoms with E-state index in [1.165, 1.54) is 5.56 Å². The smallest absolute Gasteiger partial charge is 0.223 e. The first-order chi connectivity index (χ1) is 9.24. The molecule has 2 N–H and O–H groups in total. The average Bonchev–Trinajstić information content (AvgIpc) is 2.97. The molecule has 5 heteroatoms. The van der Waals surface area contributed by atoms with Crippen molar-refractivity contribution in [1.82, 2.24) is 4.90 Å². The first kappa shape index (κ1) is 14.5. The number of amides is 1. The van der Waals surface area contributed by atoms with Crippen LogP contribution >= 0.6 is 11.3 Å². The van der Waals surface area contributed by atoms with Crippen LogP contribution in [0.1, 0.15) is 24.8 Å². The van der Waals surface area contributed by atoms with E-state index in [0.717, 1.165) is 25.8 Å². The van der Waals surface area contributed by atoms with Crippen molar-refractivity contribution in [1.29, 1.82) is 0 Å². The Balaban J connectivity index is 1.87. The van der Waals surface area contributed by atoms with Crippen LogP contribution in [0.4, 0.5) is 0 Å². The number of likely N-dealkylation sites (tertiary alicyclic amines) is 1. The normalized spacial score (nSPS) is 23.6. The second-order valence-corrected chi connectivity index (χ2v) is 5.77. The van der Waals surface area contributed by atoms with Crippen molar-refractivity contribution < 1.29 is 9.53 Å². The van der Waals surface area contributed by atoms with Crippen LogP contribution in [0.2, 0.25) is 0 Å². The Labute approximate surface area is 118 Å². The molecular weight excluding hydrogens is 260 g/mol. The molecule has 106 valence electrons.